The first-order valence-corrected chi connectivity index (χ1v) is 9.60. The SMILES string of the molecule is CC(NC(=O)C1(S(C)(=O)=O)CCNCC1)c1ccc(F)cc1Cl. The van der Waals surface area contributed by atoms with E-state index in [9.17, 15) is 17.6 Å². The molecule has 1 fully saturated rings. The van der Waals surface area contributed by atoms with Crippen molar-refractivity contribution in [1.82, 2.24) is 10.6 Å². The lowest BCUT2D eigenvalue weighted by atomic mass is 9.95. The zero-order chi connectivity index (χ0) is 17.3. The van der Waals surface area contributed by atoms with E-state index in [-0.39, 0.29) is 17.9 Å². The number of rotatable bonds is 4. The molecule has 0 radical (unpaired) electrons. The smallest absolute Gasteiger partial charge is 0.242 e. The van der Waals surface area contributed by atoms with Crippen LogP contribution in [0.5, 0.6) is 0 Å². The van der Waals surface area contributed by atoms with Gasteiger partial charge in [-0.3, -0.25) is 4.79 Å². The van der Waals surface area contributed by atoms with E-state index in [1.807, 2.05) is 0 Å². The monoisotopic (exact) mass is 362 g/mol. The second-order valence-corrected chi connectivity index (χ2v) is 8.61. The van der Waals surface area contributed by atoms with Crippen molar-refractivity contribution >= 4 is 27.3 Å². The first-order valence-electron chi connectivity index (χ1n) is 7.33. The molecule has 1 heterocycles. The van der Waals surface area contributed by atoms with Gasteiger partial charge >= 0.3 is 0 Å². The van der Waals surface area contributed by atoms with E-state index in [1.54, 1.807) is 6.92 Å². The van der Waals surface area contributed by atoms with Crippen molar-refractivity contribution in [3.05, 3.63) is 34.6 Å². The van der Waals surface area contributed by atoms with E-state index < -0.39 is 32.4 Å². The maximum absolute atomic E-state index is 13.1. The molecule has 1 unspecified atom stereocenters. The van der Waals surface area contributed by atoms with Crippen molar-refractivity contribution < 1.29 is 17.6 Å². The highest BCUT2D eigenvalue weighted by Crippen LogP contribution is 2.30. The molecular weight excluding hydrogens is 343 g/mol. The van der Waals surface area contributed by atoms with Crippen LogP contribution < -0.4 is 10.6 Å². The number of amides is 1. The highest BCUT2D eigenvalue weighted by Gasteiger charge is 2.48. The number of piperidine rings is 1. The molecular formula is C15H20ClFN2O3S. The fraction of sp³-hybridized carbons (Fsp3) is 0.533. The molecule has 23 heavy (non-hydrogen) atoms. The van der Waals surface area contributed by atoms with Gasteiger partial charge in [0.1, 0.15) is 5.82 Å². The molecule has 1 aromatic carbocycles. The van der Waals surface area contributed by atoms with E-state index in [4.69, 9.17) is 11.6 Å². The number of carbonyl (C=O) groups is 1. The molecule has 128 valence electrons. The molecule has 1 atom stereocenters. The molecule has 1 aliphatic rings. The van der Waals surface area contributed by atoms with Crippen LogP contribution in [0.4, 0.5) is 4.39 Å². The fourth-order valence-corrected chi connectivity index (χ4v) is 4.53. The Morgan fingerprint density at radius 3 is 2.52 bits per heavy atom. The number of sulfone groups is 1. The Hall–Kier alpha value is -1.18. The third-order valence-corrected chi connectivity index (χ3v) is 6.65. The van der Waals surface area contributed by atoms with Crippen LogP contribution in [0.1, 0.15) is 31.4 Å². The summed E-state index contributed by atoms with van der Waals surface area (Å²) < 4.78 is 36.1. The highest BCUT2D eigenvalue weighted by molar-refractivity contribution is 7.92. The van der Waals surface area contributed by atoms with Gasteiger partial charge in [-0.25, -0.2) is 12.8 Å². The minimum absolute atomic E-state index is 0.191. The molecule has 2 N–H and O–H groups in total. The Morgan fingerprint density at radius 2 is 2.00 bits per heavy atom. The van der Waals surface area contributed by atoms with Crippen LogP contribution in [0.15, 0.2) is 18.2 Å². The van der Waals surface area contributed by atoms with E-state index in [0.29, 0.717) is 18.7 Å². The second kappa shape index (κ2) is 6.75. The largest absolute Gasteiger partial charge is 0.348 e. The minimum Gasteiger partial charge on any atom is -0.348 e. The van der Waals surface area contributed by atoms with Gasteiger partial charge in [0, 0.05) is 11.3 Å². The van der Waals surface area contributed by atoms with Crippen LogP contribution in [0.3, 0.4) is 0 Å². The van der Waals surface area contributed by atoms with Crippen molar-refractivity contribution in [2.75, 3.05) is 19.3 Å². The molecule has 5 nitrogen and oxygen atoms in total. The van der Waals surface area contributed by atoms with Gasteiger partial charge in [0.05, 0.1) is 6.04 Å². The Balaban J connectivity index is 2.25. The average molecular weight is 363 g/mol. The first kappa shape index (κ1) is 18.2. The number of nitrogens with one attached hydrogen (secondary N) is 2. The molecule has 1 aromatic rings. The van der Waals surface area contributed by atoms with E-state index in [2.05, 4.69) is 10.6 Å². The number of halogens is 2. The van der Waals surface area contributed by atoms with Gasteiger partial charge in [-0.2, -0.15) is 0 Å². The van der Waals surface area contributed by atoms with Gasteiger partial charge in [-0.05, 0) is 50.6 Å². The normalized spacial score (nSPS) is 19.1. The molecule has 1 saturated heterocycles. The number of hydrogen-bond donors (Lipinski definition) is 2. The highest BCUT2D eigenvalue weighted by atomic mass is 35.5. The molecule has 0 aliphatic carbocycles. The van der Waals surface area contributed by atoms with Crippen LogP contribution >= 0.6 is 11.6 Å². The van der Waals surface area contributed by atoms with Crippen LogP contribution in [-0.4, -0.2) is 38.4 Å². The molecule has 0 spiro atoms. The third kappa shape index (κ3) is 3.67. The van der Waals surface area contributed by atoms with Crippen LogP contribution in [0, 0.1) is 5.82 Å². The molecule has 1 amide bonds. The topological polar surface area (TPSA) is 75.3 Å². The Bertz CT molecular complexity index is 703. The summed E-state index contributed by atoms with van der Waals surface area (Å²) in [5.41, 5.74) is 0.541. The summed E-state index contributed by atoms with van der Waals surface area (Å²) in [6, 6.07) is 3.37. The fourth-order valence-electron chi connectivity index (χ4n) is 2.86. The van der Waals surface area contributed by atoms with Gasteiger partial charge < -0.3 is 10.6 Å². The van der Waals surface area contributed by atoms with Crippen LogP contribution in [0.25, 0.3) is 0 Å². The van der Waals surface area contributed by atoms with Crippen molar-refractivity contribution in [3.63, 3.8) is 0 Å². The predicted octanol–water partition coefficient (Wildman–Crippen LogP) is 1.82. The number of hydrogen-bond acceptors (Lipinski definition) is 4. The van der Waals surface area contributed by atoms with Gasteiger partial charge in [0.25, 0.3) is 0 Å². The maximum Gasteiger partial charge on any atom is 0.242 e. The summed E-state index contributed by atoms with van der Waals surface area (Å²) in [5.74, 6) is -1.00. The summed E-state index contributed by atoms with van der Waals surface area (Å²) in [4.78, 5) is 12.7. The summed E-state index contributed by atoms with van der Waals surface area (Å²) in [6.07, 6.45) is 1.54. The molecule has 2 rings (SSSR count). The zero-order valence-electron chi connectivity index (χ0n) is 13.0. The Labute approximate surface area is 140 Å². The summed E-state index contributed by atoms with van der Waals surface area (Å²) in [6.45, 7) is 2.62. The quantitative estimate of drug-likeness (QED) is 0.856. The van der Waals surface area contributed by atoms with Crippen LogP contribution in [-0.2, 0) is 14.6 Å². The van der Waals surface area contributed by atoms with E-state index in [1.165, 1.54) is 12.1 Å². The lowest BCUT2D eigenvalue weighted by molar-refractivity contribution is -0.125. The van der Waals surface area contributed by atoms with E-state index >= 15 is 0 Å². The number of benzene rings is 1. The first-order chi connectivity index (χ1) is 10.7. The second-order valence-electron chi connectivity index (χ2n) is 5.88. The van der Waals surface area contributed by atoms with Gasteiger partial charge in [0.15, 0.2) is 14.6 Å². The third-order valence-electron chi connectivity index (χ3n) is 4.31. The van der Waals surface area contributed by atoms with Crippen LogP contribution in [0.2, 0.25) is 5.02 Å². The average Bonchev–Trinajstić information content (AvgIpc) is 2.46. The van der Waals surface area contributed by atoms with Gasteiger partial charge in [-0.15, -0.1) is 0 Å². The Morgan fingerprint density at radius 1 is 1.39 bits per heavy atom. The molecule has 0 aromatic heterocycles. The summed E-state index contributed by atoms with van der Waals surface area (Å²) in [7, 11) is -3.58. The molecule has 8 heteroatoms. The molecule has 1 aliphatic heterocycles. The van der Waals surface area contributed by atoms with Crippen molar-refractivity contribution in [1.29, 1.82) is 0 Å². The summed E-state index contributed by atoms with van der Waals surface area (Å²) >= 11 is 6.00. The Kier molecular flexibility index (Phi) is 5.33. The van der Waals surface area contributed by atoms with E-state index in [0.717, 1.165) is 12.3 Å². The zero-order valence-corrected chi connectivity index (χ0v) is 14.6. The van der Waals surface area contributed by atoms with Crippen molar-refractivity contribution in [3.8, 4) is 0 Å². The maximum atomic E-state index is 13.1. The molecule has 0 saturated carbocycles. The number of carbonyl (C=O) groups excluding carboxylic acids is 1. The van der Waals surface area contributed by atoms with Gasteiger partial charge in [0.2, 0.25) is 5.91 Å². The van der Waals surface area contributed by atoms with Gasteiger partial charge in [-0.1, -0.05) is 17.7 Å². The predicted molar refractivity (Wildman–Crippen MR) is 87.6 cm³/mol. The lowest BCUT2D eigenvalue weighted by Crippen LogP contribution is -2.57. The van der Waals surface area contributed by atoms with Crippen molar-refractivity contribution in [2.24, 2.45) is 0 Å². The summed E-state index contributed by atoms with van der Waals surface area (Å²) in [5, 5.41) is 5.97. The molecule has 0 bridgehead atoms. The van der Waals surface area contributed by atoms with Crippen molar-refractivity contribution in [2.45, 2.75) is 30.6 Å². The lowest BCUT2D eigenvalue weighted by Gasteiger charge is -2.35. The minimum atomic E-state index is -3.58. The standard InChI is InChI=1S/C15H20ClFN2O3S/c1-10(12-4-3-11(17)9-13(12)16)19-14(20)15(23(2,21)22)5-7-18-8-6-15/h3-4,9-10,18H,5-8H2,1-2H3,(H,19,20).